The van der Waals surface area contributed by atoms with Crippen molar-refractivity contribution in [2.24, 2.45) is 5.73 Å². The van der Waals surface area contributed by atoms with Crippen molar-refractivity contribution in [2.45, 2.75) is 51.3 Å². The molecule has 0 aliphatic heterocycles. The van der Waals surface area contributed by atoms with Crippen molar-refractivity contribution < 1.29 is 23.9 Å². The number of rotatable bonds is 9. The maximum atomic E-state index is 13.8. The van der Waals surface area contributed by atoms with Gasteiger partial charge in [-0.15, -0.1) is 6.42 Å². The van der Waals surface area contributed by atoms with Crippen LogP contribution in [0.15, 0.2) is 66.7 Å². The highest BCUT2D eigenvalue weighted by Gasteiger charge is 2.35. The Kier molecular flexibility index (Phi) is 9.51. The minimum Gasteiger partial charge on any atom is -0.444 e. The standard InChI is InChI=1S/C31H34N4O5/c1-6-20-11-9-10-14-24(20)27(28(37)33-23-16-15-21-12-7-8-13-22(21)19-23)35(5)29(38)25(17-18-26(32)36)34-30(39)40-31(2,3)4/h1,7-16,19,25,27H,17-18H2,2-5H3,(H2,32,36)(H,33,37)(H,34,39). The Morgan fingerprint density at radius 1 is 1.00 bits per heavy atom. The zero-order valence-electron chi connectivity index (χ0n) is 23.1. The molecule has 0 bridgehead atoms. The first-order valence-corrected chi connectivity index (χ1v) is 12.8. The Hall–Kier alpha value is -4.84. The van der Waals surface area contributed by atoms with Crippen molar-refractivity contribution in [1.82, 2.24) is 10.2 Å². The molecule has 4 amide bonds. The molecule has 0 fully saturated rings. The molecular formula is C31H34N4O5. The van der Waals surface area contributed by atoms with Crippen LogP contribution >= 0.6 is 0 Å². The zero-order chi connectivity index (χ0) is 29.4. The van der Waals surface area contributed by atoms with Gasteiger partial charge in [0.15, 0.2) is 0 Å². The van der Waals surface area contributed by atoms with E-state index in [-0.39, 0.29) is 12.8 Å². The molecule has 0 aliphatic carbocycles. The number of carbonyl (C=O) groups is 4. The third-order valence-corrected chi connectivity index (χ3v) is 6.08. The fraction of sp³-hybridized carbons (Fsp3) is 0.290. The fourth-order valence-electron chi connectivity index (χ4n) is 4.24. The minimum absolute atomic E-state index is 0.0897. The van der Waals surface area contributed by atoms with Crippen LogP contribution in [0, 0.1) is 12.3 Å². The predicted octanol–water partition coefficient (Wildman–Crippen LogP) is 4.12. The highest BCUT2D eigenvalue weighted by molar-refractivity contribution is 6.00. The second-order valence-corrected chi connectivity index (χ2v) is 10.3. The average Bonchev–Trinajstić information content (AvgIpc) is 2.89. The summed E-state index contributed by atoms with van der Waals surface area (Å²) in [6.07, 6.45) is 4.63. The average molecular weight is 543 g/mol. The van der Waals surface area contributed by atoms with E-state index < -0.39 is 41.5 Å². The SMILES string of the molecule is C#Cc1ccccc1C(C(=O)Nc1ccc2ccccc2c1)N(C)C(=O)C(CCC(N)=O)NC(=O)OC(C)(C)C. The summed E-state index contributed by atoms with van der Waals surface area (Å²) in [7, 11) is 1.44. The van der Waals surface area contributed by atoms with Gasteiger partial charge < -0.3 is 26.0 Å². The van der Waals surface area contributed by atoms with Gasteiger partial charge in [-0.2, -0.15) is 0 Å². The molecule has 3 rings (SSSR count). The molecule has 0 saturated carbocycles. The van der Waals surface area contributed by atoms with Gasteiger partial charge in [0.05, 0.1) is 0 Å². The van der Waals surface area contributed by atoms with E-state index in [1.807, 2.05) is 36.4 Å². The monoisotopic (exact) mass is 542 g/mol. The van der Waals surface area contributed by atoms with E-state index in [1.54, 1.807) is 51.1 Å². The number of nitrogens with two attached hydrogens (primary N) is 1. The van der Waals surface area contributed by atoms with Crippen molar-refractivity contribution in [1.29, 1.82) is 0 Å². The molecule has 3 aromatic carbocycles. The van der Waals surface area contributed by atoms with Gasteiger partial charge >= 0.3 is 6.09 Å². The van der Waals surface area contributed by atoms with Crippen LogP contribution in [0.1, 0.15) is 50.8 Å². The smallest absolute Gasteiger partial charge is 0.408 e. The van der Waals surface area contributed by atoms with Crippen molar-refractivity contribution in [3.63, 3.8) is 0 Å². The van der Waals surface area contributed by atoms with Crippen LogP contribution in [0.2, 0.25) is 0 Å². The first-order valence-electron chi connectivity index (χ1n) is 12.8. The first kappa shape index (κ1) is 29.7. The molecular weight excluding hydrogens is 508 g/mol. The summed E-state index contributed by atoms with van der Waals surface area (Å²) in [6, 6.07) is 17.6. The summed E-state index contributed by atoms with van der Waals surface area (Å²) < 4.78 is 5.31. The molecule has 9 heteroatoms. The van der Waals surface area contributed by atoms with Gasteiger partial charge in [0.1, 0.15) is 17.7 Å². The Labute approximate surface area is 234 Å². The summed E-state index contributed by atoms with van der Waals surface area (Å²) in [6.45, 7) is 5.05. The number of likely N-dealkylation sites (N-methyl/N-ethyl adjacent to an activating group) is 1. The van der Waals surface area contributed by atoms with Gasteiger partial charge in [-0.05, 0) is 61.7 Å². The van der Waals surface area contributed by atoms with Gasteiger partial charge in [0.2, 0.25) is 11.8 Å². The molecule has 4 N–H and O–H groups in total. The topological polar surface area (TPSA) is 131 Å². The number of ether oxygens (including phenoxy) is 1. The molecule has 0 aromatic heterocycles. The number of hydrogen-bond donors (Lipinski definition) is 3. The van der Waals surface area contributed by atoms with E-state index in [9.17, 15) is 19.2 Å². The Bertz CT molecular complexity index is 1450. The van der Waals surface area contributed by atoms with Gasteiger partial charge in [0.25, 0.3) is 5.91 Å². The van der Waals surface area contributed by atoms with Crippen LogP contribution in [-0.4, -0.2) is 47.4 Å². The summed E-state index contributed by atoms with van der Waals surface area (Å²) in [5.74, 6) is 0.786. The number of fused-ring (bicyclic) bond motifs is 1. The molecule has 2 unspecified atom stereocenters. The zero-order valence-corrected chi connectivity index (χ0v) is 23.1. The summed E-state index contributed by atoms with van der Waals surface area (Å²) >= 11 is 0. The number of benzene rings is 3. The van der Waals surface area contributed by atoms with E-state index >= 15 is 0 Å². The number of anilines is 1. The highest BCUT2D eigenvalue weighted by atomic mass is 16.6. The molecule has 3 aromatic rings. The number of carbonyl (C=O) groups excluding carboxylic acids is 4. The summed E-state index contributed by atoms with van der Waals surface area (Å²) in [4.78, 5) is 52.8. The lowest BCUT2D eigenvalue weighted by molar-refractivity contribution is -0.139. The lowest BCUT2D eigenvalue weighted by Crippen LogP contribution is -2.51. The molecule has 0 radical (unpaired) electrons. The maximum Gasteiger partial charge on any atom is 0.408 e. The van der Waals surface area contributed by atoms with Crippen molar-refractivity contribution >= 4 is 40.3 Å². The lowest BCUT2D eigenvalue weighted by Gasteiger charge is -2.32. The van der Waals surface area contributed by atoms with Crippen LogP contribution < -0.4 is 16.4 Å². The lowest BCUT2D eigenvalue weighted by atomic mass is 9.97. The third-order valence-electron chi connectivity index (χ3n) is 6.08. The molecule has 9 nitrogen and oxygen atoms in total. The van der Waals surface area contributed by atoms with E-state index in [1.165, 1.54) is 11.9 Å². The summed E-state index contributed by atoms with van der Waals surface area (Å²) in [5.41, 5.74) is 5.88. The predicted molar refractivity (Wildman–Crippen MR) is 154 cm³/mol. The molecule has 0 heterocycles. The Morgan fingerprint density at radius 3 is 2.30 bits per heavy atom. The second kappa shape index (κ2) is 12.8. The first-order chi connectivity index (χ1) is 18.9. The Morgan fingerprint density at radius 2 is 1.65 bits per heavy atom. The molecule has 0 aliphatic rings. The molecule has 0 spiro atoms. The van der Waals surface area contributed by atoms with E-state index in [0.29, 0.717) is 16.8 Å². The molecule has 2 atom stereocenters. The number of hydrogen-bond acceptors (Lipinski definition) is 5. The van der Waals surface area contributed by atoms with Crippen LogP contribution in [0.25, 0.3) is 10.8 Å². The third kappa shape index (κ3) is 7.84. The molecule has 208 valence electrons. The van der Waals surface area contributed by atoms with Gasteiger partial charge in [-0.1, -0.05) is 54.5 Å². The second-order valence-electron chi connectivity index (χ2n) is 10.3. The van der Waals surface area contributed by atoms with Crippen LogP contribution in [0.5, 0.6) is 0 Å². The van der Waals surface area contributed by atoms with Crippen molar-refractivity contribution in [2.75, 3.05) is 12.4 Å². The van der Waals surface area contributed by atoms with E-state index in [2.05, 4.69) is 16.6 Å². The Balaban J connectivity index is 1.97. The highest BCUT2D eigenvalue weighted by Crippen LogP contribution is 2.27. The largest absolute Gasteiger partial charge is 0.444 e. The van der Waals surface area contributed by atoms with Gasteiger partial charge in [-0.3, -0.25) is 14.4 Å². The molecule has 0 saturated heterocycles. The number of alkyl carbamates (subject to hydrolysis) is 1. The number of primary amides is 1. The van der Waals surface area contributed by atoms with E-state index in [4.69, 9.17) is 16.9 Å². The van der Waals surface area contributed by atoms with Gasteiger partial charge in [-0.25, -0.2) is 4.79 Å². The summed E-state index contributed by atoms with van der Waals surface area (Å²) in [5, 5.41) is 7.35. The van der Waals surface area contributed by atoms with Crippen LogP contribution in [-0.2, 0) is 19.1 Å². The fourth-order valence-corrected chi connectivity index (χ4v) is 4.24. The van der Waals surface area contributed by atoms with Crippen LogP contribution in [0.3, 0.4) is 0 Å². The minimum atomic E-state index is -1.19. The van der Waals surface area contributed by atoms with Crippen molar-refractivity contribution in [3.05, 3.63) is 77.9 Å². The maximum absolute atomic E-state index is 13.8. The van der Waals surface area contributed by atoms with Crippen molar-refractivity contribution in [3.8, 4) is 12.3 Å². The quantitative estimate of drug-likeness (QED) is 0.350. The number of nitrogens with zero attached hydrogens (tertiary/aromatic N) is 1. The normalized spacial score (nSPS) is 12.5. The van der Waals surface area contributed by atoms with Gasteiger partial charge in [0, 0.05) is 24.7 Å². The molecule has 40 heavy (non-hydrogen) atoms. The van der Waals surface area contributed by atoms with E-state index in [0.717, 1.165) is 10.8 Å². The number of terminal acetylenes is 1. The number of amides is 4. The number of nitrogens with one attached hydrogen (secondary N) is 2. The van der Waals surface area contributed by atoms with Crippen LogP contribution in [0.4, 0.5) is 10.5 Å².